The summed E-state index contributed by atoms with van der Waals surface area (Å²) in [5.41, 5.74) is 3.74. The molecule has 0 saturated carbocycles. The van der Waals surface area contributed by atoms with Crippen molar-refractivity contribution in [3.8, 4) is 11.1 Å². The van der Waals surface area contributed by atoms with Gasteiger partial charge in [-0.25, -0.2) is 0 Å². The zero-order chi connectivity index (χ0) is 22.4. The van der Waals surface area contributed by atoms with Gasteiger partial charge in [-0.1, -0.05) is 60.7 Å². The molecule has 0 aliphatic carbocycles. The number of amides is 2. The van der Waals surface area contributed by atoms with E-state index in [0.717, 1.165) is 22.3 Å². The number of hydrogen-bond donors (Lipinski definition) is 1. The number of pyridine rings is 1. The number of carbonyl (C=O) groups excluding carboxylic acids is 2. The van der Waals surface area contributed by atoms with Crippen LogP contribution in [0.4, 0.5) is 0 Å². The Kier molecular flexibility index (Phi) is 6.64. The lowest BCUT2D eigenvalue weighted by Crippen LogP contribution is -2.44. The van der Waals surface area contributed by atoms with Crippen molar-refractivity contribution in [2.24, 2.45) is 5.41 Å². The van der Waals surface area contributed by atoms with Crippen LogP contribution in [-0.4, -0.2) is 41.8 Å². The number of benzene rings is 2. The maximum Gasteiger partial charge on any atom is 0.228 e. The molecule has 5 nitrogen and oxygen atoms in total. The zero-order valence-electron chi connectivity index (χ0n) is 18.5. The molecular weight excluding hydrogens is 398 g/mol. The lowest BCUT2D eigenvalue weighted by molar-refractivity contribution is -0.133. The van der Waals surface area contributed by atoms with Crippen LogP contribution in [-0.2, 0) is 22.4 Å². The van der Waals surface area contributed by atoms with Crippen LogP contribution < -0.4 is 5.32 Å². The van der Waals surface area contributed by atoms with Crippen molar-refractivity contribution in [1.29, 1.82) is 0 Å². The van der Waals surface area contributed by atoms with Gasteiger partial charge in [-0.05, 0) is 42.0 Å². The van der Waals surface area contributed by atoms with Gasteiger partial charge in [-0.15, -0.1) is 0 Å². The molecule has 0 unspecified atom stereocenters. The van der Waals surface area contributed by atoms with Crippen LogP contribution in [0.25, 0.3) is 11.1 Å². The monoisotopic (exact) mass is 427 g/mol. The number of nitrogens with zero attached hydrogens (tertiary/aromatic N) is 2. The minimum absolute atomic E-state index is 0.00292. The molecule has 2 amide bonds. The van der Waals surface area contributed by atoms with E-state index in [4.69, 9.17) is 0 Å². The highest BCUT2D eigenvalue weighted by Crippen LogP contribution is 2.37. The summed E-state index contributed by atoms with van der Waals surface area (Å²) < 4.78 is 0. The number of carbonyl (C=O) groups is 2. The van der Waals surface area contributed by atoms with Crippen LogP contribution in [0.1, 0.15) is 24.0 Å². The van der Waals surface area contributed by atoms with E-state index in [1.807, 2.05) is 65.7 Å². The number of aromatic nitrogens is 1. The minimum atomic E-state index is -0.629. The molecule has 0 spiro atoms. The topological polar surface area (TPSA) is 62.3 Å². The number of hydrogen-bond acceptors (Lipinski definition) is 3. The third-order valence-electron chi connectivity index (χ3n) is 6.40. The molecule has 0 bridgehead atoms. The van der Waals surface area contributed by atoms with Gasteiger partial charge < -0.3 is 10.2 Å². The Morgan fingerprint density at radius 2 is 1.81 bits per heavy atom. The highest BCUT2D eigenvalue weighted by Gasteiger charge is 2.45. The Hall–Kier alpha value is -3.47. The molecule has 1 aliphatic heterocycles. The lowest BCUT2D eigenvalue weighted by Gasteiger charge is -2.28. The molecular formula is C27H29N3O2. The van der Waals surface area contributed by atoms with Crippen molar-refractivity contribution in [1.82, 2.24) is 15.2 Å². The Morgan fingerprint density at radius 1 is 1.03 bits per heavy atom. The molecule has 1 fully saturated rings. The first-order valence-corrected chi connectivity index (χ1v) is 11.1. The Balaban J connectivity index is 1.52. The van der Waals surface area contributed by atoms with E-state index in [9.17, 15) is 9.59 Å². The van der Waals surface area contributed by atoms with Crippen molar-refractivity contribution >= 4 is 11.8 Å². The molecule has 164 valence electrons. The minimum Gasteiger partial charge on any atom is -0.359 e. The molecule has 1 aromatic heterocycles. The van der Waals surface area contributed by atoms with E-state index in [2.05, 4.69) is 22.4 Å². The second-order valence-corrected chi connectivity index (χ2v) is 8.49. The van der Waals surface area contributed by atoms with Crippen molar-refractivity contribution < 1.29 is 9.59 Å². The van der Waals surface area contributed by atoms with Crippen LogP contribution in [0.3, 0.4) is 0 Å². The highest BCUT2D eigenvalue weighted by molar-refractivity contribution is 5.86. The summed E-state index contributed by atoms with van der Waals surface area (Å²) in [6.07, 6.45) is 6.02. The van der Waals surface area contributed by atoms with Gasteiger partial charge in [0.1, 0.15) is 0 Å². The molecule has 1 atom stereocenters. The summed E-state index contributed by atoms with van der Waals surface area (Å²) in [4.78, 5) is 32.1. The van der Waals surface area contributed by atoms with Crippen LogP contribution >= 0.6 is 0 Å². The summed E-state index contributed by atoms with van der Waals surface area (Å²) in [5, 5.41) is 2.86. The summed E-state index contributed by atoms with van der Waals surface area (Å²) in [6, 6.07) is 22.2. The van der Waals surface area contributed by atoms with Crippen molar-refractivity contribution in [3.05, 3.63) is 90.3 Å². The Labute approximate surface area is 189 Å². The summed E-state index contributed by atoms with van der Waals surface area (Å²) in [6.45, 7) is 1.05. The van der Waals surface area contributed by atoms with E-state index >= 15 is 0 Å². The van der Waals surface area contributed by atoms with Crippen LogP contribution in [0.5, 0.6) is 0 Å². The van der Waals surface area contributed by atoms with Gasteiger partial charge in [0.05, 0.1) is 5.41 Å². The summed E-state index contributed by atoms with van der Waals surface area (Å²) in [5.74, 6) is 0.108. The fourth-order valence-electron chi connectivity index (χ4n) is 4.66. The fraction of sp³-hybridized carbons (Fsp3) is 0.296. The molecule has 1 aliphatic rings. The maximum absolute atomic E-state index is 13.1. The van der Waals surface area contributed by atoms with Gasteiger partial charge >= 0.3 is 0 Å². The van der Waals surface area contributed by atoms with Gasteiger partial charge in [0.25, 0.3) is 0 Å². The predicted octanol–water partition coefficient (Wildman–Crippen LogP) is 3.89. The molecule has 1 N–H and O–H groups in total. The first-order valence-electron chi connectivity index (χ1n) is 11.1. The first-order chi connectivity index (χ1) is 15.6. The predicted molar refractivity (Wildman–Crippen MR) is 126 cm³/mol. The van der Waals surface area contributed by atoms with Gasteiger partial charge in [-0.3, -0.25) is 14.6 Å². The third-order valence-corrected chi connectivity index (χ3v) is 6.40. The fourth-order valence-corrected chi connectivity index (χ4v) is 4.66. The quantitative estimate of drug-likeness (QED) is 0.622. The highest BCUT2D eigenvalue weighted by atomic mass is 16.2. The Morgan fingerprint density at radius 3 is 2.56 bits per heavy atom. The van der Waals surface area contributed by atoms with Crippen molar-refractivity contribution in [2.45, 2.75) is 25.7 Å². The number of aryl methyl sites for hydroxylation is 1. The van der Waals surface area contributed by atoms with E-state index < -0.39 is 5.41 Å². The van der Waals surface area contributed by atoms with Gasteiger partial charge in [0, 0.05) is 44.5 Å². The van der Waals surface area contributed by atoms with Crippen LogP contribution in [0, 0.1) is 5.41 Å². The number of nitrogens with one attached hydrogen (secondary N) is 1. The maximum atomic E-state index is 13.1. The lowest BCUT2D eigenvalue weighted by atomic mass is 9.78. The van der Waals surface area contributed by atoms with Gasteiger partial charge in [-0.2, -0.15) is 0 Å². The molecule has 5 heteroatoms. The molecule has 32 heavy (non-hydrogen) atoms. The molecule has 2 heterocycles. The first kappa shape index (κ1) is 21.8. The zero-order valence-corrected chi connectivity index (χ0v) is 18.5. The normalized spacial score (nSPS) is 17.8. The number of rotatable bonds is 7. The Bertz CT molecular complexity index is 1070. The molecule has 1 saturated heterocycles. The standard InChI is InChI=1S/C27H29N3O2/c1-28-26(32)27(18-22-10-5-6-12-24(22)23-11-7-16-29-19-23)15-17-30(20-27)25(31)14-13-21-8-3-2-4-9-21/h2-12,16,19H,13-15,17-18,20H2,1H3,(H,28,32)/t27-/m0/s1. The van der Waals surface area contributed by atoms with E-state index in [1.54, 1.807) is 13.2 Å². The largest absolute Gasteiger partial charge is 0.359 e. The average molecular weight is 428 g/mol. The second-order valence-electron chi connectivity index (χ2n) is 8.49. The molecule has 3 aromatic rings. The summed E-state index contributed by atoms with van der Waals surface area (Å²) >= 11 is 0. The van der Waals surface area contributed by atoms with E-state index in [-0.39, 0.29) is 11.8 Å². The summed E-state index contributed by atoms with van der Waals surface area (Å²) in [7, 11) is 1.68. The van der Waals surface area contributed by atoms with Crippen molar-refractivity contribution in [3.63, 3.8) is 0 Å². The van der Waals surface area contributed by atoms with Crippen LogP contribution in [0.15, 0.2) is 79.1 Å². The molecule has 0 radical (unpaired) electrons. The third kappa shape index (κ3) is 4.72. The second kappa shape index (κ2) is 9.77. The smallest absolute Gasteiger partial charge is 0.228 e. The number of likely N-dealkylation sites (tertiary alicyclic amines) is 1. The SMILES string of the molecule is CNC(=O)[C@]1(Cc2ccccc2-c2cccnc2)CCN(C(=O)CCc2ccccc2)C1. The van der Waals surface area contributed by atoms with Gasteiger partial charge in [0.2, 0.25) is 11.8 Å². The van der Waals surface area contributed by atoms with Crippen LogP contribution in [0.2, 0.25) is 0 Å². The molecule has 4 rings (SSSR count). The van der Waals surface area contributed by atoms with E-state index in [0.29, 0.717) is 38.8 Å². The van der Waals surface area contributed by atoms with Crippen molar-refractivity contribution in [2.75, 3.05) is 20.1 Å². The van der Waals surface area contributed by atoms with Gasteiger partial charge in [0.15, 0.2) is 0 Å². The average Bonchev–Trinajstić information content (AvgIpc) is 3.29. The molecule has 2 aromatic carbocycles. The van der Waals surface area contributed by atoms with E-state index in [1.165, 1.54) is 0 Å².